The van der Waals surface area contributed by atoms with Gasteiger partial charge in [-0.3, -0.25) is 9.59 Å². The summed E-state index contributed by atoms with van der Waals surface area (Å²) in [5.41, 5.74) is 6.08. The van der Waals surface area contributed by atoms with Gasteiger partial charge in [-0.2, -0.15) is 0 Å². The van der Waals surface area contributed by atoms with Crippen LogP contribution in [0.25, 0.3) is 22.2 Å². The number of nitrogens with one attached hydrogen (secondary N) is 3. The highest BCUT2D eigenvalue weighted by Gasteiger charge is 2.25. The zero-order valence-electron chi connectivity index (χ0n) is 15.8. The fourth-order valence-electron chi connectivity index (χ4n) is 3.75. The zero-order valence-corrected chi connectivity index (χ0v) is 15.8. The lowest BCUT2D eigenvalue weighted by molar-refractivity contribution is -0.127. The van der Waals surface area contributed by atoms with Crippen LogP contribution in [0.15, 0.2) is 42.5 Å². The number of aromatic nitrogens is 1. The van der Waals surface area contributed by atoms with E-state index in [0.717, 1.165) is 27.7 Å². The van der Waals surface area contributed by atoms with Gasteiger partial charge >= 0.3 is 0 Å². The first-order chi connectivity index (χ1) is 13.5. The Morgan fingerprint density at radius 3 is 2.71 bits per heavy atom. The van der Waals surface area contributed by atoms with Gasteiger partial charge in [-0.1, -0.05) is 41.4 Å². The van der Waals surface area contributed by atoms with Gasteiger partial charge in [-0.25, -0.2) is 0 Å². The molecule has 3 aromatic rings. The van der Waals surface area contributed by atoms with Crippen LogP contribution in [0.3, 0.4) is 0 Å². The number of hydrogen-bond acceptors (Lipinski definition) is 2. The molecule has 0 saturated carbocycles. The monoisotopic (exact) mass is 371 g/mol. The number of H-pyrrole nitrogens is 1. The number of carbonyl (C=O) groups excluding carboxylic acids is 2. The molecule has 1 aliphatic rings. The molecule has 2 aromatic carbocycles. The molecular formula is C22H22BN3O2. The first-order valence-electron chi connectivity index (χ1n) is 9.55. The number of aromatic amines is 1. The van der Waals surface area contributed by atoms with Gasteiger partial charge in [0.05, 0.1) is 0 Å². The molecule has 2 heterocycles. The van der Waals surface area contributed by atoms with Crippen LogP contribution in [-0.4, -0.2) is 37.2 Å². The van der Waals surface area contributed by atoms with Gasteiger partial charge in [-0.15, -0.1) is 0 Å². The van der Waals surface area contributed by atoms with Gasteiger partial charge in [0.25, 0.3) is 0 Å². The van der Waals surface area contributed by atoms with Crippen molar-refractivity contribution in [3.63, 3.8) is 0 Å². The number of fused-ring (bicyclic) bond motifs is 1. The molecule has 0 bridgehead atoms. The van der Waals surface area contributed by atoms with Crippen molar-refractivity contribution in [2.75, 3.05) is 6.54 Å². The third-order valence-electron chi connectivity index (χ3n) is 5.25. The Bertz CT molecular complexity index is 1040. The van der Waals surface area contributed by atoms with Crippen LogP contribution in [0.5, 0.6) is 0 Å². The molecule has 2 amide bonds. The van der Waals surface area contributed by atoms with E-state index in [9.17, 15) is 9.59 Å². The summed E-state index contributed by atoms with van der Waals surface area (Å²) in [5.74, 6) is -0.203. The van der Waals surface area contributed by atoms with Crippen LogP contribution in [0.4, 0.5) is 0 Å². The molecule has 6 heteroatoms. The number of amides is 2. The summed E-state index contributed by atoms with van der Waals surface area (Å²) in [6.45, 7) is 2.68. The summed E-state index contributed by atoms with van der Waals surface area (Å²) in [4.78, 5) is 27.6. The Balaban J connectivity index is 1.61. The molecule has 28 heavy (non-hydrogen) atoms. The van der Waals surface area contributed by atoms with Crippen LogP contribution in [-0.2, 0) is 16.0 Å². The number of benzene rings is 2. The minimum atomic E-state index is -0.408. The van der Waals surface area contributed by atoms with E-state index in [0.29, 0.717) is 31.3 Å². The standard InChI is InChI=1S/C22H22BN3O2/c1-13-2-8-18-17(12-13)16(21(26-18)14-3-5-15(23)6-4-14)7-9-20(27)25-19-10-11-24-22(19)28/h2-6,8,12,19,26H,7,9-11H2,1H3,(H,24,28)(H,25,27). The Labute approximate surface area is 165 Å². The van der Waals surface area contributed by atoms with E-state index in [-0.39, 0.29) is 11.8 Å². The van der Waals surface area contributed by atoms with Crippen LogP contribution in [0.1, 0.15) is 24.0 Å². The molecule has 1 aromatic heterocycles. The van der Waals surface area contributed by atoms with Crippen molar-refractivity contribution in [1.29, 1.82) is 0 Å². The third kappa shape index (κ3) is 3.67. The van der Waals surface area contributed by atoms with Crippen molar-refractivity contribution in [2.24, 2.45) is 0 Å². The fourth-order valence-corrected chi connectivity index (χ4v) is 3.75. The molecule has 4 rings (SSSR count). The van der Waals surface area contributed by atoms with E-state index < -0.39 is 6.04 Å². The van der Waals surface area contributed by atoms with E-state index in [1.54, 1.807) is 0 Å². The van der Waals surface area contributed by atoms with E-state index in [2.05, 4.69) is 40.7 Å². The number of rotatable bonds is 5. The number of hydrogen-bond donors (Lipinski definition) is 3. The molecule has 1 fully saturated rings. The van der Waals surface area contributed by atoms with Gasteiger partial charge in [0.15, 0.2) is 0 Å². The molecule has 1 unspecified atom stereocenters. The second kappa shape index (κ2) is 7.54. The molecule has 140 valence electrons. The lowest BCUT2D eigenvalue weighted by atomic mass is 9.93. The Morgan fingerprint density at radius 1 is 1.21 bits per heavy atom. The van der Waals surface area contributed by atoms with Crippen molar-refractivity contribution in [3.05, 3.63) is 53.6 Å². The van der Waals surface area contributed by atoms with E-state index >= 15 is 0 Å². The third-order valence-corrected chi connectivity index (χ3v) is 5.25. The topological polar surface area (TPSA) is 74.0 Å². The normalized spacial score (nSPS) is 16.3. The summed E-state index contributed by atoms with van der Waals surface area (Å²) in [6, 6.07) is 13.6. The van der Waals surface area contributed by atoms with Gasteiger partial charge in [-0.05, 0) is 43.0 Å². The summed E-state index contributed by atoms with van der Waals surface area (Å²) in [6.07, 6.45) is 1.56. The maximum absolute atomic E-state index is 12.4. The van der Waals surface area contributed by atoms with Crippen LogP contribution in [0, 0.1) is 6.92 Å². The zero-order chi connectivity index (χ0) is 19.7. The van der Waals surface area contributed by atoms with Crippen LogP contribution < -0.4 is 16.1 Å². The molecule has 0 aliphatic carbocycles. The molecule has 0 spiro atoms. The summed E-state index contributed by atoms with van der Waals surface area (Å²) in [5, 5.41) is 6.70. The average molecular weight is 371 g/mol. The van der Waals surface area contributed by atoms with E-state index in [4.69, 9.17) is 7.85 Å². The quantitative estimate of drug-likeness (QED) is 0.599. The maximum Gasteiger partial charge on any atom is 0.242 e. The van der Waals surface area contributed by atoms with Crippen molar-refractivity contribution in [3.8, 4) is 11.3 Å². The molecule has 5 nitrogen and oxygen atoms in total. The Morgan fingerprint density at radius 2 is 2.00 bits per heavy atom. The molecule has 1 saturated heterocycles. The van der Waals surface area contributed by atoms with Crippen molar-refractivity contribution >= 4 is 36.0 Å². The molecule has 1 atom stereocenters. The van der Waals surface area contributed by atoms with E-state index in [1.807, 2.05) is 24.3 Å². The van der Waals surface area contributed by atoms with Crippen LogP contribution in [0.2, 0.25) is 0 Å². The lowest BCUT2D eigenvalue weighted by Crippen LogP contribution is -2.40. The summed E-state index contributed by atoms with van der Waals surface area (Å²) < 4.78 is 0. The summed E-state index contributed by atoms with van der Waals surface area (Å²) in [7, 11) is 5.83. The van der Waals surface area contributed by atoms with Crippen LogP contribution >= 0.6 is 0 Å². The highest BCUT2D eigenvalue weighted by Crippen LogP contribution is 2.31. The SMILES string of the molecule is [B]c1ccc(-c2[nH]c3ccc(C)cc3c2CCC(=O)NC2CCNC2=O)cc1. The minimum absolute atomic E-state index is 0.0985. The summed E-state index contributed by atoms with van der Waals surface area (Å²) >= 11 is 0. The minimum Gasteiger partial charge on any atom is -0.354 e. The highest BCUT2D eigenvalue weighted by molar-refractivity contribution is 6.32. The van der Waals surface area contributed by atoms with E-state index in [1.165, 1.54) is 5.56 Å². The second-order valence-corrected chi connectivity index (χ2v) is 7.35. The fraction of sp³-hybridized carbons (Fsp3) is 0.273. The smallest absolute Gasteiger partial charge is 0.242 e. The van der Waals surface area contributed by atoms with Crippen molar-refractivity contribution in [2.45, 2.75) is 32.2 Å². The molecule has 1 aliphatic heterocycles. The maximum atomic E-state index is 12.4. The largest absolute Gasteiger partial charge is 0.354 e. The first-order valence-corrected chi connectivity index (χ1v) is 9.55. The van der Waals surface area contributed by atoms with Gasteiger partial charge in [0, 0.05) is 29.6 Å². The Hall–Kier alpha value is -3.02. The molecular weight excluding hydrogens is 349 g/mol. The number of aryl methyl sites for hydroxylation is 2. The highest BCUT2D eigenvalue weighted by atomic mass is 16.2. The average Bonchev–Trinajstić information content (AvgIpc) is 3.24. The second-order valence-electron chi connectivity index (χ2n) is 7.35. The predicted molar refractivity (Wildman–Crippen MR) is 112 cm³/mol. The van der Waals surface area contributed by atoms with Gasteiger partial charge in [0.1, 0.15) is 13.9 Å². The Kier molecular flexibility index (Phi) is 4.94. The van der Waals surface area contributed by atoms with Gasteiger partial charge < -0.3 is 15.6 Å². The molecule has 2 radical (unpaired) electrons. The lowest BCUT2D eigenvalue weighted by Gasteiger charge is -2.10. The van der Waals surface area contributed by atoms with Gasteiger partial charge in [0.2, 0.25) is 11.8 Å². The predicted octanol–water partition coefficient (Wildman–Crippen LogP) is 1.87. The number of carbonyl (C=O) groups is 2. The molecule has 3 N–H and O–H groups in total. The van der Waals surface area contributed by atoms with Crippen molar-refractivity contribution in [1.82, 2.24) is 15.6 Å². The van der Waals surface area contributed by atoms with Crippen molar-refractivity contribution < 1.29 is 9.59 Å². The first kappa shape index (κ1) is 18.4.